The molecule has 0 amide bonds. The van der Waals surface area contributed by atoms with Crippen LogP contribution in [0.2, 0.25) is 4.34 Å². The van der Waals surface area contributed by atoms with Crippen molar-refractivity contribution in [2.24, 2.45) is 5.41 Å². The highest BCUT2D eigenvalue weighted by atomic mass is 35.5. The second-order valence-corrected chi connectivity index (χ2v) is 6.82. The summed E-state index contributed by atoms with van der Waals surface area (Å²) in [6.07, 6.45) is 0.780. The molecule has 1 unspecified atom stereocenters. The number of aliphatic hydroxyl groups is 1. The predicted molar refractivity (Wildman–Crippen MR) is 71.1 cm³/mol. The third kappa shape index (κ3) is 4.42. The molecule has 16 heavy (non-hydrogen) atoms. The Kier molecular flexibility index (Phi) is 5.25. The van der Waals surface area contributed by atoms with E-state index in [1.165, 1.54) is 4.88 Å². The smallest absolute Gasteiger partial charge is 0.0931 e. The van der Waals surface area contributed by atoms with Gasteiger partial charge < -0.3 is 10.4 Å². The normalized spacial score (nSPS) is 14.1. The maximum Gasteiger partial charge on any atom is 0.0931 e. The fourth-order valence-corrected chi connectivity index (χ4v) is 2.68. The lowest BCUT2D eigenvalue weighted by molar-refractivity contribution is 0.197. The number of hydrogen-bond donors (Lipinski definition) is 2. The van der Waals surface area contributed by atoms with Crippen LogP contribution in [0.25, 0.3) is 0 Å². The average Bonchev–Trinajstić information content (AvgIpc) is 2.57. The summed E-state index contributed by atoms with van der Waals surface area (Å²) in [6.45, 7) is 7.59. The Morgan fingerprint density at radius 1 is 1.44 bits per heavy atom. The Hall–Kier alpha value is -0.0900. The van der Waals surface area contributed by atoms with E-state index >= 15 is 0 Å². The molecule has 4 heteroatoms. The highest BCUT2D eigenvalue weighted by molar-refractivity contribution is 7.16. The van der Waals surface area contributed by atoms with Crippen molar-refractivity contribution in [3.05, 3.63) is 21.3 Å². The second kappa shape index (κ2) is 6.01. The van der Waals surface area contributed by atoms with Crippen molar-refractivity contribution in [2.75, 3.05) is 6.61 Å². The molecule has 0 fully saturated rings. The van der Waals surface area contributed by atoms with E-state index in [1.807, 2.05) is 12.1 Å². The van der Waals surface area contributed by atoms with Crippen LogP contribution in [0.5, 0.6) is 0 Å². The number of hydrogen-bond acceptors (Lipinski definition) is 3. The predicted octanol–water partition coefficient (Wildman–Crippen LogP) is 3.29. The first-order valence-electron chi connectivity index (χ1n) is 5.52. The summed E-state index contributed by atoms with van der Waals surface area (Å²) < 4.78 is 0.825. The lowest BCUT2D eigenvalue weighted by atomic mass is 9.85. The van der Waals surface area contributed by atoms with Crippen LogP contribution in [0.1, 0.15) is 32.1 Å². The summed E-state index contributed by atoms with van der Waals surface area (Å²) >= 11 is 7.48. The Morgan fingerprint density at radius 2 is 2.12 bits per heavy atom. The minimum atomic E-state index is 0.157. The number of halogens is 1. The van der Waals surface area contributed by atoms with Gasteiger partial charge in [0.2, 0.25) is 0 Å². The molecular weight excluding hydrogens is 242 g/mol. The first-order chi connectivity index (χ1) is 7.43. The van der Waals surface area contributed by atoms with Gasteiger partial charge in [-0.05, 0) is 24.0 Å². The van der Waals surface area contributed by atoms with E-state index in [1.54, 1.807) is 11.3 Å². The molecule has 1 aromatic rings. The van der Waals surface area contributed by atoms with E-state index in [0.29, 0.717) is 6.04 Å². The Bertz CT molecular complexity index is 319. The van der Waals surface area contributed by atoms with Gasteiger partial charge in [-0.25, -0.2) is 0 Å². The molecule has 0 spiro atoms. The first-order valence-corrected chi connectivity index (χ1v) is 6.71. The molecule has 0 aromatic carbocycles. The molecule has 0 saturated heterocycles. The average molecular weight is 262 g/mol. The zero-order chi connectivity index (χ0) is 12.2. The number of rotatable bonds is 5. The van der Waals surface area contributed by atoms with Crippen LogP contribution in [-0.4, -0.2) is 17.8 Å². The Labute approximate surface area is 107 Å². The van der Waals surface area contributed by atoms with E-state index in [9.17, 15) is 0 Å². The monoisotopic (exact) mass is 261 g/mol. The third-order valence-corrected chi connectivity index (χ3v) is 3.85. The van der Waals surface area contributed by atoms with Crippen LogP contribution in [0.4, 0.5) is 0 Å². The number of thiophene rings is 1. The van der Waals surface area contributed by atoms with Crippen LogP contribution >= 0.6 is 22.9 Å². The van der Waals surface area contributed by atoms with E-state index in [4.69, 9.17) is 16.7 Å². The van der Waals surface area contributed by atoms with Gasteiger partial charge in [0, 0.05) is 24.1 Å². The van der Waals surface area contributed by atoms with Crippen molar-refractivity contribution in [3.8, 4) is 0 Å². The maximum absolute atomic E-state index is 9.04. The van der Waals surface area contributed by atoms with Gasteiger partial charge in [0.1, 0.15) is 0 Å². The number of aliphatic hydroxyl groups excluding tert-OH is 1. The highest BCUT2D eigenvalue weighted by Gasteiger charge is 2.23. The standard InChI is InChI=1S/C12H20ClNOS/c1-12(2,3)10(6-7-15)14-8-9-4-5-11(13)16-9/h4-5,10,14-15H,6-8H2,1-3H3. The topological polar surface area (TPSA) is 32.3 Å². The first kappa shape index (κ1) is 14.0. The summed E-state index contributed by atoms with van der Waals surface area (Å²) in [5.41, 5.74) is 0.157. The largest absolute Gasteiger partial charge is 0.396 e. The van der Waals surface area contributed by atoms with Crippen molar-refractivity contribution >= 4 is 22.9 Å². The van der Waals surface area contributed by atoms with Gasteiger partial charge in [-0.2, -0.15) is 0 Å². The van der Waals surface area contributed by atoms with E-state index in [2.05, 4.69) is 26.1 Å². The molecule has 0 radical (unpaired) electrons. The fourth-order valence-electron chi connectivity index (χ4n) is 1.64. The maximum atomic E-state index is 9.04. The molecule has 2 nitrogen and oxygen atoms in total. The van der Waals surface area contributed by atoms with E-state index in [-0.39, 0.29) is 12.0 Å². The summed E-state index contributed by atoms with van der Waals surface area (Å²) in [7, 11) is 0. The van der Waals surface area contributed by atoms with Crippen LogP contribution in [0, 0.1) is 5.41 Å². The fraction of sp³-hybridized carbons (Fsp3) is 0.667. The van der Waals surface area contributed by atoms with Crippen LogP contribution in [0.3, 0.4) is 0 Å². The summed E-state index contributed by atoms with van der Waals surface area (Å²) in [6, 6.07) is 4.28. The van der Waals surface area contributed by atoms with Crippen LogP contribution in [0.15, 0.2) is 12.1 Å². The molecule has 0 bridgehead atoms. The Morgan fingerprint density at radius 3 is 2.56 bits per heavy atom. The molecule has 92 valence electrons. The second-order valence-electron chi connectivity index (χ2n) is 5.02. The highest BCUT2D eigenvalue weighted by Crippen LogP contribution is 2.24. The SMILES string of the molecule is CC(C)(C)C(CCO)NCc1ccc(Cl)s1. The molecule has 0 aliphatic carbocycles. The van der Waals surface area contributed by atoms with Gasteiger partial charge in [0.25, 0.3) is 0 Å². The van der Waals surface area contributed by atoms with Gasteiger partial charge >= 0.3 is 0 Å². The lowest BCUT2D eigenvalue weighted by Gasteiger charge is -2.31. The van der Waals surface area contributed by atoms with Gasteiger partial charge in [-0.15, -0.1) is 11.3 Å². The molecule has 2 N–H and O–H groups in total. The molecule has 0 aliphatic rings. The van der Waals surface area contributed by atoms with Crippen molar-refractivity contribution in [1.29, 1.82) is 0 Å². The van der Waals surface area contributed by atoms with Crippen molar-refractivity contribution in [3.63, 3.8) is 0 Å². The quantitative estimate of drug-likeness (QED) is 0.853. The Balaban J connectivity index is 2.50. The van der Waals surface area contributed by atoms with E-state index < -0.39 is 0 Å². The molecule has 1 rings (SSSR count). The lowest BCUT2D eigenvalue weighted by Crippen LogP contribution is -2.40. The zero-order valence-electron chi connectivity index (χ0n) is 10.1. The zero-order valence-corrected chi connectivity index (χ0v) is 11.7. The van der Waals surface area contributed by atoms with Crippen LogP contribution < -0.4 is 5.32 Å². The molecule has 1 aromatic heterocycles. The third-order valence-electron chi connectivity index (χ3n) is 2.61. The van der Waals surface area contributed by atoms with Crippen molar-refractivity contribution < 1.29 is 5.11 Å². The van der Waals surface area contributed by atoms with Crippen molar-refractivity contribution in [2.45, 2.75) is 39.8 Å². The van der Waals surface area contributed by atoms with Gasteiger partial charge in [0.05, 0.1) is 4.34 Å². The van der Waals surface area contributed by atoms with Crippen LogP contribution in [-0.2, 0) is 6.54 Å². The molecule has 0 aliphatic heterocycles. The molecule has 1 atom stereocenters. The van der Waals surface area contributed by atoms with Crippen molar-refractivity contribution in [1.82, 2.24) is 5.32 Å². The van der Waals surface area contributed by atoms with Gasteiger partial charge in [-0.3, -0.25) is 0 Å². The molecular formula is C12H20ClNOS. The van der Waals surface area contributed by atoms with Gasteiger partial charge in [0.15, 0.2) is 0 Å². The van der Waals surface area contributed by atoms with Gasteiger partial charge in [-0.1, -0.05) is 32.4 Å². The molecule has 0 saturated carbocycles. The molecule has 1 heterocycles. The minimum Gasteiger partial charge on any atom is -0.396 e. The summed E-state index contributed by atoms with van der Waals surface area (Å²) in [5.74, 6) is 0. The number of nitrogens with one attached hydrogen (secondary N) is 1. The summed E-state index contributed by atoms with van der Waals surface area (Å²) in [5, 5.41) is 12.5. The van der Waals surface area contributed by atoms with E-state index in [0.717, 1.165) is 17.3 Å². The summed E-state index contributed by atoms with van der Waals surface area (Å²) in [4.78, 5) is 1.23. The minimum absolute atomic E-state index is 0.157.